The third kappa shape index (κ3) is 3.69. The van der Waals surface area contributed by atoms with Crippen LogP contribution >= 0.6 is 0 Å². The lowest BCUT2D eigenvalue weighted by molar-refractivity contribution is -0.384. The van der Waals surface area contributed by atoms with Crippen molar-refractivity contribution in [2.45, 2.75) is 25.3 Å². The summed E-state index contributed by atoms with van der Waals surface area (Å²) < 4.78 is 0. The zero-order valence-corrected chi connectivity index (χ0v) is 11.8. The van der Waals surface area contributed by atoms with Crippen molar-refractivity contribution >= 4 is 23.6 Å². The molecule has 1 aromatic rings. The standard InChI is InChI=1S/C15H16N2O5/c18-14(16-9-2-1-6-13(16)15(19)20)8-7-11-4-3-5-12(10-11)17(21)22/h3-5,7-8,10,13H,1-2,6,9H2,(H,19,20)/b8-7+. The van der Waals surface area contributed by atoms with Crippen molar-refractivity contribution in [1.82, 2.24) is 4.90 Å². The second kappa shape index (κ2) is 6.84. The third-order valence-electron chi connectivity index (χ3n) is 3.57. The Morgan fingerprint density at radius 2 is 2.14 bits per heavy atom. The molecule has 2 rings (SSSR count). The summed E-state index contributed by atoms with van der Waals surface area (Å²) in [7, 11) is 0. The predicted molar refractivity (Wildman–Crippen MR) is 79.1 cm³/mol. The third-order valence-corrected chi connectivity index (χ3v) is 3.57. The molecule has 1 atom stereocenters. The van der Waals surface area contributed by atoms with Crippen molar-refractivity contribution < 1.29 is 19.6 Å². The van der Waals surface area contributed by atoms with Gasteiger partial charge in [-0.15, -0.1) is 0 Å². The first-order valence-corrected chi connectivity index (χ1v) is 6.95. The molecule has 0 saturated carbocycles. The van der Waals surface area contributed by atoms with E-state index >= 15 is 0 Å². The molecule has 1 fully saturated rings. The number of carboxylic acid groups (broad SMARTS) is 1. The molecular formula is C15H16N2O5. The van der Waals surface area contributed by atoms with E-state index in [9.17, 15) is 19.7 Å². The normalized spacial score (nSPS) is 18.4. The summed E-state index contributed by atoms with van der Waals surface area (Å²) in [5.41, 5.74) is 0.461. The molecule has 1 amide bonds. The fourth-order valence-corrected chi connectivity index (χ4v) is 2.46. The van der Waals surface area contributed by atoms with Gasteiger partial charge in [0.25, 0.3) is 5.69 Å². The molecule has 0 aliphatic carbocycles. The number of nitro benzene ring substituents is 1. The highest BCUT2D eigenvalue weighted by Crippen LogP contribution is 2.19. The molecule has 116 valence electrons. The van der Waals surface area contributed by atoms with E-state index in [1.165, 1.54) is 35.3 Å². The van der Waals surface area contributed by atoms with Crippen LogP contribution in [0.15, 0.2) is 30.3 Å². The predicted octanol–water partition coefficient (Wildman–Crippen LogP) is 2.07. The van der Waals surface area contributed by atoms with E-state index in [0.717, 1.165) is 12.8 Å². The highest BCUT2D eigenvalue weighted by molar-refractivity contribution is 5.94. The number of nitro groups is 1. The zero-order valence-electron chi connectivity index (χ0n) is 11.8. The SMILES string of the molecule is O=C(O)C1CCCCN1C(=O)/C=C/c1cccc([N+](=O)[O-])c1. The number of amides is 1. The maximum absolute atomic E-state index is 12.1. The smallest absolute Gasteiger partial charge is 0.326 e. The van der Waals surface area contributed by atoms with E-state index in [1.807, 2.05) is 0 Å². The fraction of sp³-hybridized carbons (Fsp3) is 0.333. The van der Waals surface area contributed by atoms with E-state index in [0.29, 0.717) is 18.5 Å². The highest BCUT2D eigenvalue weighted by Gasteiger charge is 2.30. The van der Waals surface area contributed by atoms with E-state index in [4.69, 9.17) is 5.11 Å². The van der Waals surface area contributed by atoms with Crippen LogP contribution in [-0.2, 0) is 9.59 Å². The number of piperidine rings is 1. The number of rotatable bonds is 4. The average molecular weight is 304 g/mol. The van der Waals surface area contributed by atoms with Crippen LogP contribution in [0, 0.1) is 10.1 Å². The molecule has 1 N–H and O–H groups in total. The van der Waals surface area contributed by atoms with Crippen LogP contribution < -0.4 is 0 Å². The molecule has 0 aromatic heterocycles. The first kappa shape index (κ1) is 15.7. The summed E-state index contributed by atoms with van der Waals surface area (Å²) in [6, 6.07) is 5.10. The van der Waals surface area contributed by atoms with Gasteiger partial charge in [-0.25, -0.2) is 4.79 Å². The molecule has 7 heteroatoms. The van der Waals surface area contributed by atoms with Gasteiger partial charge in [-0.05, 0) is 30.9 Å². The van der Waals surface area contributed by atoms with E-state index in [1.54, 1.807) is 6.07 Å². The van der Waals surface area contributed by atoms with Gasteiger partial charge in [-0.1, -0.05) is 12.1 Å². The first-order valence-electron chi connectivity index (χ1n) is 6.95. The van der Waals surface area contributed by atoms with E-state index in [-0.39, 0.29) is 5.69 Å². The van der Waals surface area contributed by atoms with Crippen LogP contribution in [0.1, 0.15) is 24.8 Å². The fourth-order valence-electron chi connectivity index (χ4n) is 2.46. The van der Waals surface area contributed by atoms with Gasteiger partial charge in [0.1, 0.15) is 6.04 Å². The van der Waals surface area contributed by atoms with Crippen molar-refractivity contribution in [2.24, 2.45) is 0 Å². The van der Waals surface area contributed by atoms with Gasteiger partial charge < -0.3 is 10.0 Å². The van der Waals surface area contributed by atoms with Gasteiger partial charge in [0.15, 0.2) is 0 Å². The minimum absolute atomic E-state index is 0.0593. The van der Waals surface area contributed by atoms with Gasteiger partial charge in [-0.2, -0.15) is 0 Å². The Hall–Kier alpha value is -2.70. The van der Waals surface area contributed by atoms with Crippen LogP contribution in [0.4, 0.5) is 5.69 Å². The Bertz CT molecular complexity index is 626. The quantitative estimate of drug-likeness (QED) is 0.521. The minimum atomic E-state index is -1.00. The Labute approximate surface area is 127 Å². The second-order valence-electron chi connectivity index (χ2n) is 5.07. The monoisotopic (exact) mass is 304 g/mol. The van der Waals surface area contributed by atoms with E-state index < -0.39 is 22.8 Å². The number of nitrogens with zero attached hydrogens (tertiary/aromatic N) is 2. The number of carbonyl (C=O) groups excluding carboxylic acids is 1. The van der Waals surface area contributed by atoms with Crippen LogP contribution in [0.5, 0.6) is 0 Å². The Morgan fingerprint density at radius 3 is 2.82 bits per heavy atom. The number of non-ortho nitro benzene ring substituents is 1. The summed E-state index contributed by atoms with van der Waals surface area (Å²) in [6.07, 6.45) is 4.74. The topological polar surface area (TPSA) is 101 Å². The molecule has 1 aliphatic heterocycles. The van der Waals surface area contributed by atoms with Crippen molar-refractivity contribution in [3.63, 3.8) is 0 Å². The summed E-state index contributed by atoms with van der Waals surface area (Å²) in [4.78, 5) is 34.8. The molecule has 0 spiro atoms. The van der Waals surface area contributed by atoms with Crippen molar-refractivity contribution in [2.75, 3.05) is 6.54 Å². The molecular weight excluding hydrogens is 288 g/mol. The number of hydrogen-bond acceptors (Lipinski definition) is 4. The number of likely N-dealkylation sites (tertiary alicyclic amines) is 1. The Morgan fingerprint density at radius 1 is 1.36 bits per heavy atom. The van der Waals surface area contributed by atoms with Gasteiger partial charge in [0.2, 0.25) is 5.91 Å². The molecule has 1 unspecified atom stereocenters. The van der Waals surface area contributed by atoms with Crippen LogP contribution in [0.25, 0.3) is 6.08 Å². The maximum atomic E-state index is 12.1. The average Bonchev–Trinajstić information content (AvgIpc) is 2.52. The molecule has 1 heterocycles. The van der Waals surface area contributed by atoms with Gasteiger partial charge >= 0.3 is 5.97 Å². The molecule has 1 aromatic carbocycles. The van der Waals surface area contributed by atoms with Gasteiger partial charge in [-0.3, -0.25) is 14.9 Å². The summed E-state index contributed by atoms with van der Waals surface area (Å²) in [5.74, 6) is -1.39. The lowest BCUT2D eigenvalue weighted by Gasteiger charge is -2.32. The van der Waals surface area contributed by atoms with Crippen LogP contribution in [-0.4, -0.2) is 39.4 Å². The number of carbonyl (C=O) groups is 2. The lowest BCUT2D eigenvalue weighted by Crippen LogP contribution is -2.47. The van der Waals surface area contributed by atoms with Crippen molar-refractivity contribution in [3.8, 4) is 0 Å². The largest absolute Gasteiger partial charge is 0.480 e. The number of hydrogen-bond donors (Lipinski definition) is 1. The van der Waals surface area contributed by atoms with Crippen LogP contribution in [0.3, 0.4) is 0 Å². The molecule has 7 nitrogen and oxygen atoms in total. The first-order chi connectivity index (χ1) is 10.5. The molecule has 0 radical (unpaired) electrons. The van der Waals surface area contributed by atoms with Crippen LogP contribution in [0.2, 0.25) is 0 Å². The minimum Gasteiger partial charge on any atom is -0.480 e. The molecule has 22 heavy (non-hydrogen) atoms. The molecule has 1 aliphatic rings. The van der Waals surface area contributed by atoms with Crippen molar-refractivity contribution in [1.29, 1.82) is 0 Å². The number of aliphatic carboxylic acids is 1. The summed E-state index contributed by atoms with van der Waals surface area (Å²) in [5, 5.41) is 19.8. The van der Waals surface area contributed by atoms with Crippen molar-refractivity contribution in [3.05, 3.63) is 46.0 Å². The number of carboxylic acids is 1. The summed E-state index contributed by atoms with van der Waals surface area (Å²) >= 11 is 0. The Balaban J connectivity index is 2.11. The van der Waals surface area contributed by atoms with E-state index in [2.05, 4.69) is 0 Å². The molecule has 0 bridgehead atoms. The zero-order chi connectivity index (χ0) is 16.1. The number of benzene rings is 1. The lowest BCUT2D eigenvalue weighted by atomic mass is 10.0. The van der Waals surface area contributed by atoms with Gasteiger partial charge in [0, 0.05) is 24.8 Å². The van der Waals surface area contributed by atoms with Gasteiger partial charge in [0.05, 0.1) is 4.92 Å². The second-order valence-corrected chi connectivity index (χ2v) is 5.07. The highest BCUT2D eigenvalue weighted by atomic mass is 16.6. The maximum Gasteiger partial charge on any atom is 0.326 e. The Kier molecular flexibility index (Phi) is 4.88. The molecule has 1 saturated heterocycles. The summed E-state index contributed by atoms with van der Waals surface area (Å²) in [6.45, 7) is 0.412.